The third-order valence-electron chi connectivity index (χ3n) is 5.82. The van der Waals surface area contributed by atoms with Gasteiger partial charge in [0.25, 0.3) is 0 Å². The minimum absolute atomic E-state index is 0.831. The van der Waals surface area contributed by atoms with Crippen LogP contribution in [0.15, 0.2) is 64.8 Å². The molecular weight excluding hydrogens is 609 g/mol. The molecule has 0 spiro atoms. The van der Waals surface area contributed by atoms with Crippen LogP contribution in [-0.4, -0.2) is 11.4 Å². The second-order valence-electron chi connectivity index (χ2n) is 8.87. The molecule has 2 aromatic carbocycles. The van der Waals surface area contributed by atoms with Crippen molar-refractivity contribution in [3.63, 3.8) is 0 Å². The summed E-state index contributed by atoms with van der Waals surface area (Å²) in [6, 6.07) is 15.0. The van der Waals surface area contributed by atoms with Crippen LogP contribution >= 0.6 is 28.5 Å². The summed E-state index contributed by atoms with van der Waals surface area (Å²) in [6.45, 7) is 15.9. The Kier molecular flexibility index (Phi) is 12.5. The van der Waals surface area contributed by atoms with Gasteiger partial charge in [-0.05, 0) is 70.2 Å². The van der Waals surface area contributed by atoms with Gasteiger partial charge in [0.2, 0.25) is 0 Å². The number of nitrogens with zero attached hydrogens (tertiary/aromatic N) is 3. The van der Waals surface area contributed by atoms with E-state index in [1.54, 1.807) is 0 Å². The van der Waals surface area contributed by atoms with Crippen molar-refractivity contribution in [1.29, 1.82) is 0 Å². The van der Waals surface area contributed by atoms with E-state index in [4.69, 9.17) is 9.98 Å². The molecule has 1 aromatic heterocycles. The third kappa shape index (κ3) is 9.08. The van der Waals surface area contributed by atoms with Gasteiger partial charge in [0.15, 0.2) is 18.9 Å². The molecule has 0 aliphatic carbocycles. The number of pyridine rings is 1. The number of aryl methyl sites for hydroxylation is 7. The Hall–Kier alpha value is -1.62. The van der Waals surface area contributed by atoms with Crippen LogP contribution in [0.2, 0.25) is 0 Å². The van der Waals surface area contributed by atoms with Crippen LogP contribution < -0.4 is 4.57 Å². The van der Waals surface area contributed by atoms with Crippen LogP contribution in [0.4, 0.5) is 11.4 Å². The molecule has 3 aromatic rings. The molecule has 0 N–H and O–H groups in total. The Morgan fingerprint density at radius 1 is 0.714 bits per heavy atom. The molecule has 1 heterocycles. The Bertz CT molecular complexity index is 1140. The van der Waals surface area contributed by atoms with Crippen molar-refractivity contribution in [3.05, 3.63) is 88.2 Å². The van der Waals surface area contributed by atoms with E-state index in [1.165, 1.54) is 44.3 Å². The molecule has 0 saturated heterocycles. The molecule has 0 aliphatic heterocycles. The maximum atomic E-state index is 5.23. The number of aromatic nitrogens is 1. The molecule has 0 saturated carbocycles. The number of hydrogen-bond acceptors (Lipinski definition) is 2. The molecule has 190 valence electrons. The summed E-state index contributed by atoms with van der Waals surface area (Å²) in [6.07, 6.45) is 5.89. The summed E-state index contributed by atoms with van der Waals surface area (Å²) < 4.78 is 2.21. The molecule has 0 atom stereocenters. The average Bonchev–Trinajstić information content (AvgIpc) is 2.79. The standard InChI is InChI=1S/C29H36N3.2BrH.Ni/c1-8-26(30-28-22(4)16-20(2)17-23(28)5)27(12-15-32-13-10-9-11-14-32)31-29-24(6)18-21(3)19-25(29)7;;;/h9-11,13-14,16-19H,8,12,15H2,1-7H3;2*1H;/q+1;;;+2/p-2. The van der Waals surface area contributed by atoms with Crippen LogP contribution in [0.1, 0.15) is 53.1 Å². The van der Waals surface area contributed by atoms with Gasteiger partial charge in [-0.3, -0.25) is 9.98 Å². The van der Waals surface area contributed by atoms with E-state index in [-0.39, 0.29) is 0 Å². The zero-order chi connectivity index (χ0) is 26.0. The number of hydrogen-bond donors (Lipinski definition) is 0. The Morgan fingerprint density at radius 3 is 1.51 bits per heavy atom. The second-order valence-corrected chi connectivity index (χ2v) is 13.9. The van der Waals surface area contributed by atoms with Gasteiger partial charge in [-0.25, -0.2) is 4.57 Å². The van der Waals surface area contributed by atoms with Crippen LogP contribution in [0.3, 0.4) is 0 Å². The van der Waals surface area contributed by atoms with Gasteiger partial charge in [0, 0.05) is 12.1 Å². The van der Waals surface area contributed by atoms with Crippen LogP contribution in [0, 0.1) is 41.5 Å². The maximum absolute atomic E-state index is 5.23. The third-order valence-corrected chi connectivity index (χ3v) is 5.82. The summed E-state index contributed by atoms with van der Waals surface area (Å²) in [7, 11) is 1.25. The van der Waals surface area contributed by atoms with E-state index < -0.39 is 0 Å². The van der Waals surface area contributed by atoms with Crippen LogP contribution in [0.25, 0.3) is 0 Å². The van der Waals surface area contributed by atoms with E-state index in [1.807, 2.05) is 6.07 Å². The van der Waals surface area contributed by atoms with Crippen molar-refractivity contribution in [2.75, 3.05) is 0 Å². The van der Waals surface area contributed by atoms with Gasteiger partial charge in [-0.1, -0.05) is 48.4 Å². The van der Waals surface area contributed by atoms with E-state index in [0.29, 0.717) is 0 Å². The molecule has 3 nitrogen and oxygen atoms in total. The van der Waals surface area contributed by atoms with Gasteiger partial charge in [-0.15, -0.1) is 0 Å². The first kappa shape index (κ1) is 29.6. The number of aliphatic imine (C=N–C) groups is 2. The normalized spacial score (nSPS) is 11.9. The first-order valence-corrected chi connectivity index (χ1v) is 16.7. The summed E-state index contributed by atoms with van der Waals surface area (Å²) in [5, 5.41) is 0. The predicted molar refractivity (Wildman–Crippen MR) is 155 cm³/mol. The Balaban J connectivity index is 0.00000137. The molecule has 6 heteroatoms. The fraction of sp³-hybridized carbons (Fsp3) is 0.345. The van der Waals surface area contributed by atoms with Crippen molar-refractivity contribution in [2.24, 2.45) is 9.98 Å². The molecule has 3 rings (SSSR count). The topological polar surface area (TPSA) is 28.6 Å². The van der Waals surface area contributed by atoms with Crippen molar-refractivity contribution in [2.45, 2.75) is 67.9 Å². The molecule has 35 heavy (non-hydrogen) atoms. The van der Waals surface area contributed by atoms with Crippen LogP contribution in [0.5, 0.6) is 0 Å². The number of benzene rings is 2. The van der Waals surface area contributed by atoms with Gasteiger partial charge in [-0.2, -0.15) is 0 Å². The summed E-state index contributed by atoms with van der Waals surface area (Å²) in [4.78, 5) is 10.4. The molecule has 0 bridgehead atoms. The molecule has 0 unspecified atom stereocenters. The zero-order valence-electron chi connectivity index (χ0n) is 21.7. The van der Waals surface area contributed by atoms with Crippen LogP contribution in [-0.2, 0) is 17.4 Å². The van der Waals surface area contributed by atoms with Crippen molar-refractivity contribution in [3.8, 4) is 0 Å². The van der Waals surface area contributed by atoms with E-state index in [9.17, 15) is 0 Å². The zero-order valence-corrected chi connectivity index (χ0v) is 25.9. The molecule has 0 fully saturated rings. The van der Waals surface area contributed by atoms with Gasteiger partial charge in [0.05, 0.1) is 29.2 Å². The first-order valence-electron chi connectivity index (χ1n) is 11.8. The predicted octanol–water partition coefficient (Wildman–Crippen LogP) is 8.86. The molecule has 0 aliphatic rings. The summed E-state index contributed by atoms with van der Waals surface area (Å²) in [5.74, 6) is 0. The van der Waals surface area contributed by atoms with Gasteiger partial charge < -0.3 is 0 Å². The summed E-state index contributed by atoms with van der Waals surface area (Å²) in [5.41, 5.74) is 11.7. The van der Waals surface area contributed by atoms with Gasteiger partial charge >= 0.3 is 39.3 Å². The Labute approximate surface area is 231 Å². The Morgan fingerprint density at radius 2 is 1.11 bits per heavy atom. The molecule has 0 radical (unpaired) electrons. The monoisotopic (exact) mass is 642 g/mol. The SMILES string of the molecule is CCC(=Nc1c(C)cc(C)cc1C)C(CC[n+]1ccccc1)=Nc1c(C)cc(C)cc1C.[Br][Ni][Br]. The fourth-order valence-corrected chi connectivity index (χ4v) is 4.40. The van der Waals surface area contributed by atoms with E-state index >= 15 is 0 Å². The van der Waals surface area contributed by atoms with Crippen molar-refractivity contribution in [1.82, 2.24) is 0 Å². The van der Waals surface area contributed by atoms with E-state index in [2.05, 4.69) is 130 Å². The van der Waals surface area contributed by atoms with Crippen molar-refractivity contribution < 1.29 is 15.5 Å². The fourth-order valence-electron chi connectivity index (χ4n) is 4.40. The second kappa shape index (κ2) is 14.8. The molecular formula is C29H36Br2N3Ni+. The van der Waals surface area contributed by atoms with E-state index in [0.717, 1.165) is 42.2 Å². The minimum atomic E-state index is 0.831. The quantitative estimate of drug-likeness (QED) is 0.140. The van der Waals surface area contributed by atoms with Crippen molar-refractivity contribution >= 4 is 51.2 Å². The van der Waals surface area contributed by atoms with Gasteiger partial charge in [0.1, 0.15) is 0 Å². The summed E-state index contributed by atoms with van der Waals surface area (Å²) >= 11 is 6.00. The average molecular weight is 645 g/mol. The molecule has 0 amide bonds. The number of halogens is 2. The first-order chi connectivity index (χ1) is 16.7. The number of rotatable bonds is 7.